The molecule has 1 aliphatic carbocycles. The van der Waals surface area contributed by atoms with E-state index in [-0.39, 0.29) is 6.61 Å². The van der Waals surface area contributed by atoms with Gasteiger partial charge in [-0.25, -0.2) is 13.1 Å². The Balaban J connectivity index is 2.09. The first-order chi connectivity index (χ1) is 11.7. The van der Waals surface area contributed by atoms with Gasteiger partial charge in [-0.2, -0.15) is 0 Å². The number of aliphatic hydroxyl groups excluding tert-OH is 2. The summed E-state index contributed by atoms with van der Waals surface area (Å²) in [5, 5.41) is 22.5. The van der Waals surface area contributed by atoms with E-state index in [1.165, 1.54) is 0 Å². The maximum absolute atomic E-state index is 11.7. The number of rotatable bonds is 8. The van der Waals surface area contributed by atoms with Gasteiger partial charge in [0.1, 0.15) is 6.23 Å². The normalized spacial score (nSPS) is 24.2. The second-order valence-corrected chi connectivity index (χ2v) is 8.29. The molecular formula is C18H26N2O4S. The van der Waals surface area contributed by atoms with E-state index in [4.69, 9.17) is 5.11 Å². The SMILES string of the molecule is CC1(NS(C)(=O)=O)C=CC=CC1C(O)Nc1ccc(CCCO)cc1. The predicted molar refractivity (Wildman–Crippen MR) is 99.6 cm³/mol. The average molecular weight is 366 g/mol. The Morgan fingerprint density at radius 2 is 1.92 bits per heavy atom. The molecule has 1 aromatic rings. The summed E-state index contributed by atoms with van der Waals surface area (Å²) in [6.07, 6.45) is 8.72. The van der Waals surface area contributed by atoms with Crippen molar-refractivity contribution < 1.29 is 18.6 Å². The molecule has 0 amide bonds. The summed E-state index contributed by atoms with van der Waals surface area (Å²) in [4.78, 5) is 0. The van der Waals surface area contributed by atoms with Crippen LogP contribution in [0.3, 0.4) is 0 Å². The number of benzene rings is 1. The fraction of sp³-hybridized carbons (Fsp3) is 0.444. The molecular weight excluding hydrogens is 340 g/mol. The first-order valence-electron chi connectivity index (χ1n) is 8.23. The molecule has 25 heavy (non-hydrogen) atoms. The molecule has 0 fully saturated rings. The summed E-state index contributed by atoms with van der Waals surface area (Å²) in [5.41, 5.74) is 0.929. The van der Waals surface area contributed by atoms with Crippen molar-refractivity contribution in [2.75, 3.05) is 18.2 Å². The summed E-state index contributed by atoms with van der Waals surface area (Å²) < 4.78 is 25.9. The van der Waals surface area contributed by atoms with Gasteiger partial charge in [-0.05, 0) is 37.5 Å². The topological polar surface area (TPSA) is 98.7 Å². The van der Waals surface area contributed by atoms with Gasteiger partial charge in [0.2, 0.25) is 10.0 Å². The zero-order valence-electron chi connectivity index (χ0n) is 14.5. The maximum atomic E-state index is 11.7. The van der Waals surface area contributed by atoms with E-state index < -0.39 is 27.7 Å². The third kappa shape index (κ3) is 5.67. The van der Waals surface area contributed by atoms with Crippen molar-refractivity contribution in [3.8, 4) is 0 Å². The molecule has 6 nitrogen and oxygen atoms in total. The van der Waals surface area contributed by atoms with E-state index in [2.05, 4.69) is 10.0 Å². The largest absolute Gasteiger partial charge is 0.396 e. The Labute approximate surface area is 149 Å². The van der Waals surface area contributed by atoms with Crippen LogP contribution in [0.25, 0.3) is 0 Å². The molecule has 1 aliphatic rings. The quantitative estimate of drug-likeness (QED) is 0.521. The van der Waals surface area contributed by atoms with E-state index >= 15 is 0 Å². The lowest BCUT2D eigenvalue weighted by molar-refractivity contribution is 0.123. The van der Waals surface area contributed by atoms with Crippen molar-refractivity contribution >= 4 is 15.7 Å². The fourth-order valence-corrected chi connectivity index (χ4v) is 4.00. The third-order valence-corrected chi connectivity index (χ3v) is 5.01. The Bertz CT molecular complexity index is 728. The van der Waals surface area contributed by atoms with Crippen LogP contribution < -0.4 is 10.0 Å². The number of aliphatic hydroxyl groups is 2. The van der Waals surface area contributed by atoms with Crippen molar-refractivity contribution in [1.29, 1.82) is 0 Å². The van der Waals surface area contributed by atoms with E-state index in [1.807, 2.05) is 24.3 Å². The standard InChI is InChI=1S/C18H26N2O4S/c1-18(20-25(2,23)24)12-4-3-7-16(18)17(22)19-15-10-8-14(9-11-15)6-5-13-21/h3-4,7-12,16-17,19-22H,5-6,13H2,1-2H3. The second kappa shape index (κ2) is 8.14. The monoisotopic (exact) mass is 366 g/mol. The highest BCUT2D eigenvalue weighted by molar-refractivity contribution is 7.88. The molecule has 0 aliphatic heterocycles. The van der Waals surface area contributed by atoms with Gasteiger partial charge in [-0.3, -0.25) is 0 Å². The van der Waals surface area contributed by atoms with Gasteiger partial charge in [0.25, 0.3) is 0 Å². The molecule has 0 bridgehead atoms. The van der Waals surface area contributed by atoms with Crippen LogP contribution in [-0.4, -0.2) is 43.3 Å². The first-order valence-corrected chi connectivity index (χ1v) is 10.1. The van der Waals surface area contributed by atoms with Crippen LogP contribution in [0.4, 0.5) is 5.69 Å². The van der Waals surface area contributed by atoms with E-state index in [9.17, 15) is 13.5 Å². The number of anilines is 1. The molecule has 0 saturated heterocycles. The molecule has 7 heteroatoms. The van der Waals surface area contributed by atoms with Gasteiger partial charge in [-0.1, -0.05) is 36.4 Å². The molecule has 0 heterocycles. The molecule has 2 rings (SSSR count). The minimum atomic E-state index is -3.43. The predicted octanol–water partition coefficient (Wildman–Crippen LogP) is 1.39. The molecule has 4 N–H and O–H groups in total. The molecule has 3 atom stereocenters. The average Bonchev–Trinajstić information content (AvgIpc) is 2.52. The Morgan fingerprint density at radius 3 is 2.52 bits per heavy atom. The highest BCUT2D eigenvalue weighted by atomic mass is 32.2. The zero-order valence-corrected chi connectivity index (χ0v) is 15.3. The van der Waals surface area contributed by atoms with Crippen molar-refractivity contribution in [3.63, 3.8) is 0 Å². The second-order valence-electron chi connectivity index (χ2n) is 6.54. The molecule has 138 valence electrons. The Morgan fingerprint density at radius 1 is 1.24 bits per heavy atom. The molecule has 1 aromatic carbocycles. The van der Waals surface area contributed by atoms with Gasteiger partial charge in [0, 0.05) is 18.2 Å². The molecule has 0 spiro atoms. The van der Waals surface area contributed by atoms with Crippen LogP contribution in [-0.2, 0) is 16.4 Å². The van der Waals surface area contributed by atoms with Gasteiger partial charge in [0.15, 0.2) is 0 Å². The van der Waals surface area contributed by atoms with Crippen LogP contribution >= 0.6 is 0 Å². The lowest BCUT2D eigenvalue weighted by atomic mass is 9.81. The van der Waals surface area contributed by atoms with Gasteiger partial charge in [0.05, 0.1) is 11.8 Å². The van der Waals surface area contributed by atoms with Crippen LogP contribution in [0.5, 0.6) is 0 Å². The van der Waals surface area contributed by atoms with Crippen LogP contribution in [0.15, 0.2) is 48.6 Å². The first kappa shape index (κ1) is 19.7. The molecule has 0 saturated carbocycles. The lowest BCUT2D eigenvalue weighted by Gasteiger charge is -2.38. The summed E-state index contributed by atoms with van der Waals surface area (Å²) in [6, 6.07) is 7.60. The van der Waals surface area contributed by atoms with Crippen molar-refractivity contribution in [2.24, 2.45) is 5.92 Å². The van der Waals surface area contributed by atoms with E-state index in [0.29, 0.717) is 6.42 Å². The minimum absolute atomic E-state index is 0.159. The maximum Gasteiger partial charge on any atom is 0.209 e. The number of hydrogen-bond donors (Lipinski definition) is 4. The highest BCUT2D eigenvalue weighted by Gasteiger charge is 2.38. The number of allylic oxidation sites excluding steroid dienone is 2. The van der Waals surface area contributed by atoms with E-state index in [0.717, 1.165) is 23.9 Å². The van der Waals surface area contributed by atoms with Crippen LogP contribution in [0.1, 0.15) is 18.9 Å². The number of aryl methyl sites for hydroxylation is 1. The molecule has 0 radical (unpaired) electrons. The Hall–Kier alpha value is -1.67. The van der Waals surface area contributed by atoms with Crippen molar-refractivity contribution in [3.05, 3.63) is 54.1 Å². The number of hydrogen-bond acceptors (Lipinski definition) is 5. The smallest absolute Gasteiger partial charge is 0.209 e. The Kier molecular flexibility index (Phi) is 6.40. The summed E-state index contributed by atoms with van der Waals surface area (Å²) in [6.45, 7) is 1.90. The molecule has 3 unspecified atom stereocenters. The van der Waals surface area contributed by atoms with Crippen molar-refractivity contribution in [1.82, 2.24) is 4.72 Å². The highest BCUT2D eigenvalue weighted by Crippen LogP contribution is 2.29. The summed E-state index contributed by atoms with van der Waals surface area (Å²) >= 11 is 0. The van der Waals surface area contributed by atoms with Gasteiger partial charge in [-0.15, -0.1) is 0 Å². The summed E-state index contributed by atoms with van der Waals surface area (Å²) in [5.74, 6) is -0.471. The van der Waals surface area contributed by atoms with Crippen molar-refractivity contribution in [2.45, 2.75) is 31.5 Å². The van der Waals surface area contributed by atoms with Crippen LogP contribution in [0.2, 0.25) is 0 Å². The molecule has 0 aromatic heterocycles. The van der Waals surface area contributed by atoms with E-state index in [1.54, 1.807) is 31.2 Å². The van der Waals surface area contributed by atoms with Gasteiger partial charge < -0.3 is 15.5 Å². The summed E-state index contributed by atoms with van der Waals surface area (Å²) in [7, 11) is -3.43. The fourth-order valence-electron chi connectivity index (χ4n) is 3.00. The number of sulfonamides is 1. The third-order valence-electron chi connectivity index (χ3n) is 4.20. The van der Waals surface area contributed by atoms with Crippen LogP contribution in [0, 0.1) is 5.92 Å². The van der Waals surface area contributed by atoms with Gasteiger partial charge >= 0.3 is 0 Å². The zero-order chi connectivity index (χ0) is 18.5. The number of nitrogens with one attached hydrogen (secondary N) is 2. The minimum Gasteiger partial charge on any atom is -0.396 e. The lowest BCUT2D eigenvalue weighted by Crippen LogP contribution is -2.54.